The van der Waals surface area contributed by atoms with Gasteiger partial charge in [0.05, 0.1) is 13.2 Å². The molecule has 0 spiro atoms. The first-order valence-electron chi connectivity index (χ1n) is 5.22. The van der Waals surface area contributed by atoms with Crippen LogP contribution in [0.3, 0.4) is 0 Å². The summed E-state index contributed by atoms with van der Waals surface area (Å²) in [4.78, 5) is 20.9. The van der Waals surface area contributed by atoms with Gasteiger partial charge in [-0.15, -0.1) is 0 Å². The summed E-state index contributed by atoms with van der Waals surface area (Å²) in [6.45, 7) is 1.96. The number of methoxy groups -OCH3 is 1. The van der Waals surface area contributed by atoms with E-state index in [9.17, 15) is 9.59 Å². The van der Waals surface area contributed by atoms with E-state index in [0.29, 0.717) is 39.2 Å². The predicted molar refractivity (Wildman–Crippen MR) is 57.3 cm³/mol. The molecule has 0 bridgehead atoms. The smallest absolute Gasteiger partial charge is 0.407 e. The summed E-state index contributed by atoms with van der Waals surface area (Å²) < 4.78 is 14.6. The number of unbranched alkanes of at least 4 members (excludes halogenated alkanes) is 1. The number of rotatable bonds is 10. The highest BCUT2D eigenvalue weighted by Crippen LogP contribution is 1.85. The van der Waals surface area contributed by atoms with Gasteiger partial charge in [-0.2, -0.15) is 0 Å². The molecule has 6 nitrogen and oxygen atoms in total. The fourth-order valence-electron chi connectivity index (χ4n) is 0.865. The van der Waals surface area contributed by atoms with Gasteiger partial charge in [0.2, 0.25) is 0 Å². The zero-order valence-corrected chi connectivity index (χ0v) is 9.57. The Morgan fingerprint density at radius 3 is 2.75 bits per heavy atom. The van der Waals surface area contributed by atoms with Gasteiger partial charge < -0.3 is 24.3 Å². The maximum atomic E-state index is 11.0. The van der Waals surface area contributed by atoms with E-state index in [1.807, 2.05) is 0 Å². The van der Waals surface area contributed by atoms with E-state index in [-0.39, 0.29) is 6.61 Å². The van der Waals surface area contributed by atoms with Gasteiger partial charge >= 0.3 is 6.09 Å². The molecular weight excluding hydrogens is 214 g/mol. The first kappa shape index (κ1) is 14.9. The number of amides is 1. The molecule has 0 aliphatic heterocycles. The number of carbonyl (C=O) groups excluding carboxylic acids is 2. The molecule has 0 aromatic carbocycles. The monoisotopic (exact) mass is 233 g/mol. The Labute approximate surface area is 95.2 Å². The van der Waals surface area contributed by atoms with Crippen molar-refractivity contribution < 1.29 is 23.8 Å². The number of aldehydes is 1. The predicted octanol–water partition coefficient (Wildman–Crippen LogP) is 0.355. The van der Waals surface area contributed by atoms with Crippen molar-refractivity contribution in [2.45, 2.75) is 12.8 Å². The van der Waals surface area contributed by atoms with Crippen molar-refractivity contribution in [1.29, 1.82) is 0 Å². The van der Waals surface area contributed by atoms with Crippen LogP contribution in [0.5, 0.6) is 0 Å². The highest BCUT2D eigenvalue weighted by atomic mass is 16.6. The Balaban J connectivity index is 3.12. The third kappa shape index (κ3) is 10.9. The Morgan fingerprint density at radius 2 is 2.06 bits per heavy atom. The molecule has 1 amide bonds. The van der Waals surface area contributed by atoms with Crippen LogP contribution in [0.25, 0.3) is 0 Å². The largest absolute Gasteiger partial charge is 0.447 e. The van der Waals surface area contributed by atoms with Gasteiger partial charge in [-0.25, -0.2) is 4.79 Å². The summed E-state index contributed by atoms with van der Waals surface area (Å²) in [5.41, 5.74) is 0. The third-order valence-corrected chi connectivity index (χ3v) is 1.65. The average molecular weight is 233 g/mol. The highest BCUT2D eigenvalue weighted by molar-refractivity contribution is 5.66. The van der Waals surface area contributed by atoms with Crippen LogP contribution in [-0.4, -0.2) is 52.5 Å². The molecule has 0 heterocycles. The first-order chi connectivity index (χ1) is 7.81. The standard InChI is InChI=1S/C10H19NO5/c1-14-8-9-16-10(13)11-4-7-15-6-3-2-5-12/h5H,2-4,6-9H2,1H3,(H,11,13). The lowest BCUT2D eigenvalue weighted by Gasteiger charge is -2.06. The van der Waals surface area contributed by atoms with E-state index in [2.05, 4.69) is 5.32 Å². The molecule has 0 rings (SSSR count). The minimum Gasteiger partial charge on any atom is -0.447 e. The molecule has 0 aliphatic rings. The summed E-state index contributed by atoms with van der Waals surface area (Å²) in [7, 11) is 1.54. The molecule has 0 fully saturated rings. The van der Waals surface area contributed by atoms with Gasteiger partial charge in [0.1, 0.15) is 12.9 Å². The van der Waals surface area contributed by atoms with E-state index in [0.717, 1.165) is 6.29 Å². The maximum Gasteiger partial charge on any atom is 0.407 e. The molecule has 16 heavy (non-hydrogen) atoms. The van der Waals surface area contributed by atoms with Crippen LogP contribution in [0.1, 0.15) is 12.8 Å². The zero-order valence-electron chi connectivity index (χ0n) is 9.57. The van der Waals surface area contributed by atoms with Gasteiger partial charge in [0.25, 0.3) is 0 Å². The molecule has 0 radical (unpaired) electrons. The van der Waals surface area contributed by atoms with Gasteiger partial charge in [-0.05, 0) is 6.42 Å². The minimum absolute atomic E-state index is 0.239. The lowest BCUT2D eigenvalue weighted by atomic mass is 10.3. The molecule has 0 atom stereocenters. The first-order valence-corrected chi connectivity index (χ1v) is 5.22. The van der Waals surface area contributed by atoms with Crippen molar-refractivity contribution in [3.63, 3.8) is 0 Å². The highest BCUT2D eigenvalue weighted by Gasteiger charge is 1.99. The van der Waals surface area contributed by atoms with E-state index in [1.165, 1.54) is 7.11 Å². The Bertz CT molecular complexity index is 186. The lowest BCUT2D eigenvalue weighted by molar-refractivity contribution is -0.108. The van der Waals surface area contributed by atoms with Crippen molar-refractivity contribution in [2.75, 3.05) is 40.1 Å². The van der Waals surface area contributed by atoms with E-state index < -0.39 is 6.09 Å². The summed E-state index contributed by atoms with van der Waals surface area (Å²) in [5, 5.41) is 2.52. The third-order valence-electron chi connectivity index (χ3n) is 1.65. The normalized spacial score (nSPS) is 9.81. The number of alkyl carbamates (subject to hydrolysis) is 1. The van der Waals surface area contributed by atoms with Crippen molar-refractivity contribution in [1.82, 2.24) is 5.32 Å². The lowest BCUT2D eigenvalue weighted by Crippen LogP contribution is -2.28. The molecule has 0 unspecified atom stereocenters. The number of nitrogens with one attached hydrogen (secondary N) is 1. The molecule has 6 heteroatoms. The molecule has 0 aliphatic carbocycles. The quantitative estimate of drug-likeness (QED) is 0.435. The second-order valence-corrected chi connectivity index (χ2v) is 2.98. The van der Waals surface area contributed by atoms with Crippen molar-refractivity contribution in [2.24, 2.45) is 0 Å². The molecule has 94 valence electrons. The minimum atomic E-state index is -0.478. The SMILES string of the molecule is COCCOC(=O)NCCOCCCC=O. The second kappa shape index (κ2) is 11.9. The van der Waals surface area contributed by atoms with Gasteiger partial charge in [-0.1, -0.05) is 0 Å². The molecule has 1 N–H and O–H groups in total. The maximum absolute atomic E-state index is 11.0. The van der Waals surface area contributed by atoms with E-state index in [4.69, 9.17) is 14.2 Å². The topological polar surface area (TPSA) is 73.9 Å². The summed E-state index contributed by atoms with van der Waals surface area (Å²) in [6.07, 6.45) is 1.59. The molecule has 0 aromatic heterocycles. The van der Waals surface area contributed by atoms with Crippen molar-refractivity contribution in [3.8, 4) is 0 Å². The van der Waals surface area contributed by atoms with Crippen LogP contribution in [0, 0.1) is 0 Å². The van der Waals surface area contributed by atoms with Crippen LogP contribution in [0.4, 0.5) is 4.79 Å². The fourth-order valence-corrected chi connectivity index (χ4v) is 0.865. The summed E-state index contributed by atoms with van der Waals surface area (Å²) in [5.74, 6) is 0. The number of carbonyl (C=O) groups is 2. The molecule has 0 saturated heterocycles. The van der Waals surface area contributed by atoms with Gasteiger partial charge in [0.15, 0.2) is 0 Å². The van der Waals surface area contributed by atoms with Crippen LogP contribution >= 0.6 is 0 Å². The van der Waals surface area contributed by atoms with Gasteiger partial charge in [-0.3, -0.25) is 0 Å². The fraction of sp³-hybridized carbons (Fsp3) is 0.800. The molecule has 0 saturated carbocycles. The molecule has 0 aromatic rings. The van der Waals surface area contributed by atoms with Crippen LogP contribution in [-0.2, 0) is 19.0 Å². The number of ether oxygens (including phenoxy) is 3. The van der Waals surface area contributed by atoms with E-state index >= 15 is 0 Å². The Kier molecular flexibility index (Phi) is 11.1. The second-order valence-electron chi connectivity index (χ2n) is 2.98. The van der Waals surface area contributed by atoms with Gasteiger partial charge in [0, 0.05) is 26.7 Å². The van der Waals surface area contributed by atoms with Crippen molar-refractivity contribution >= 4 is 12.4 Å². The molecular formula is C10H19NO5. The summed E-state index contributed by atoms with van der Waals surface area (Å²) in [6, 6.07) is 0. The van der Waals surface area contributed by atoms with E-state index in [1.54, 1.807) is 0 Å². The zero-order chi connectivity index (χ0) is 12.1. The Morgan fingerprint density at radius 1 is 1.25 bits per heavy atom. The van der Waals surface area contributed by atoms with Crippen LogP contribution in [0.15, 0.2) is 0 Å². The Hall–Kier alpha value is -1.14. The summed E-state index contributed by atoms with van der Waals surface area (Å²) >= 11 is 0. The average Bonchev–Trinajstić information content (AvgIpc) is 2.28. The number of hydrogen-bond acceptors (Lipinski definition) is 5. The van der Waals surface area contributed by atoms with Crippen LogP contribution < -0.4 is 5.32 Å². The van der Waals surface area contributed by atoms with Crippen molar-refractivity contribution in [3.05, 3.63) is 0 Å². The van der Waals surface area contributed by atoms with Crippen LogP contribution in [0.2, 0.25) is 0 Å². The number of hydrogen-bond donors (Lipinski definition) is 1.